The molecule has 4 amide bonds. The van der Waals surface area contributed by atoms with Crippen molar-refractivity contribution < 1.29 is 29.0 Å². The lowest BCUT2D eigenvalue weighted by atomic mass is 9.89. The number of rotatable bonds is 8. The number of carboxylic acid groups (broad SMARTS) is 1. The van der Waals surface area contributed by atoms with Crippen molar-refractivity contribution in [2.24, 2.45) is 5.92 Å². The van der Waals surface area contributed by atoms with Crippen LogP contribution in [0.5, 0.6) is 5.75 Å². The van der Waals surface area contributed by atoms with Gasteiger partial charge in [0, 0.05) is 44.4 Å². The van der Waals surface area contributed by atoms with Gasteiger partial charge in [0.05, 0.1) is 25.1 Å². The molecule has 0 aromatic heterocycles. The van der Waals surface area contributed by atoms with Gasteiger partial charge in [-0.2, -0.15) is 0 Å². The quantitative estimate of drug-likeness (QED) is 0.374. The largest absolute Gasteiger partial charge is 0.495 e. The summed E-state index contributed by atoms with van der Waals surface area (Å²) in [5.74, 6) is -1.90. The van der Waals surface area contributed by atoms with Crippen molar-refractivity contribution >= 4 is 40.9 Å². The highest BCUT2D eigenvalue weighted by molar-refractivity contribution is 6.02. The van der Waals surface area contributed by atoms with Crippen molar-refractivity contribution in [2.45, 2.75) is 26.2 Å². The standard InChI is InChI=1S/C31H34N4O6/c1-19-7-5-6-8-27(19)34(3)31(40)33-26-14-9-21(15-28(26)41-4)16-29(37)32-23-12-10-22(11-13-23)24-17-35(20(2)36)18-25(24)30(38)39/h5-15,24-25H,16-18H2,1-4H3,(H,32,37)(H,33,40)(H,38,39). The van der Waals surface area contributed by atoms with Crippen LogP contribution in [0.15, 0.2) is 66.7 Å². The number of hydrogen-bond acceptors (Lipinski definition) is 5. The van der Waals surface area contributed by atoms with Crippen LogP contribution in [0.2, 0.25) is 0 Å². The summed E-state index contributed by atoms with van der Waals surface area (Å²) in [5, 5.41) is 15.3. The van der Waals surface area contributed by atoms with Gasteiger partial charge in [0.1, 0.15) is 5.75 Å². The van der Waals surface area contributed by atoms with Crippen molar-refractivity contribution in [3.8, 4) is 5.75 Å². The molecule has 1 aliphatic heterocycles. The van der Waals surface area contributed by atoms with Crippen LogP contribution in [0.1, 0.15) is 29.5 Å². The van der Waals surface area contributed by atoms with Gasteiger partial charge in [-0.1, -0.05) is 36.4 Å². The summed E-state index contributed by atoms with van der Waals surface area (Å²) < 4.78 is 5.47. The molecule has 1 fully saturated rings. The zero-order chi connectivity index (χ0) is 29.7. The molecule has 1 heterocycles. The Hall–Kier alpha value is -4.86. The first-order valence-electron chi connectivity index (χ1n) is 13.2. The van der Waals surface area contributed by atoms with Crippen LogP contribution in [0.3, 0.4) is 0 Å². The lowest BCUT2D eigenvalue weighted by Gasteiger charge is -2.21. The molecule has 0 saturated carbocycles. The second-order valence-corrected chi connectivity index (χ2v) is 10.1. The van der Waals surface area contributed by atoms with Gasteiger partial charge < -0.3 is 25.4 Å². The lowest BCUT2D eigenvalue weighted by Crippen LogP contribution is -2.31. The van der Waals surface area contributed by atoms with Gasteiger partial charge in [-0.3, -0.25) is 19.3 Å². The summed E-state index contributed by atoms with van der Waals surface area (Å²) in [6.07, 6.45) is 0.0761. The maximum Gasteiger partial charge on any atom is 0.326 e. The van der Waals surface area contributed by atoms with Crippen LogP contribution in [-0.4, -0.2) is 61.1 Å². The van der Waals surface area contributed by atoms with Gasteiger partial charge in [0.15, 0.2) is 0 Å². The number of hydrogen-bond donors (Lipinski definition) is 3. The number of para-hydroxylation sites is 1. The molecule has 3 aromatic carbocycles. The van der Waals surface area contributed by atoms with Crippen molar-refractivity contribution in [1.29, 1.82) is 0 Å². The predicted molar refractivity (Wildman–Crippen MR) is 156 cm³/mol. The van der Waals surface area contributed by atoms with Crippen molar-refractivity contribution in [2.75, 3.05) is 42.8 Å². The molecule has 4 rings (SSSR count). The highest BCUT2D eigenvalue weighted by Crippen LogP contribution is 2.34. The van der Waals surface area contributed by atoms with E-state index in [9.17, 15) is 24.3 Å². The summed E-state index contributed by atoms with van der Waals surface area (Å²) >= 11 is 0. The van der Waals surface area contributed by atoms with Crippen molar-refractivity contribution in [3.63, 3.8) is 0 Å². The number of aliphatic carboxylic acids is 1. The van der Waals surface area contributed by atoms with Crippen LogP contribution in [0.4, 0.5) is 21.9 Å². The molecule has 0 bridgehead atoms. The van der Waals surface area contributed by atoms with Gasteiger partial charge in [-0.05, 0) is 53.9 Å². The van der Waals surface area contributed by atoms with Gasteiger partial charge in [0.25, 0.3) is 0 Å². The number of carboxylic acids is 1. The average Bonchev–Trinajstić information content (AvgIpc) is 3.40. The van der Waals surface area contributed by atoms with Crippen LogP contribution < -0.4 is 20.3 Å². The maximum absolute atomic E-state index is 12.9. The fourth-order valence-corrected chi connectivity index (χ4v) is 5.05. The second kappa shape index (κ2) is 12.5. The number of methoxy groups -OCH3 is 1. The minimum absolute atomic E-state index is 0.0761. The first-order chi connectivity index (χ1) is 19.6. The van der Waals surface area contributed by atoms with E-state index in [2.05, 4.69) is 10.6 Å². The van der Waals surface area contributed by atoms with Crippen LogP contribution in [0.25, 0.3) is 0 Å². The minimum Gasteiger partial charge on any atom is -0.495 e. The van der Waals surface area contributed by atoms with Crippen molar-refractivity contribution in [3.05, 3.63) is 83.4 Å². The number of benzene rings is 3. The van der Waals surface area contributed by atoms with E-state index in [0.29, 0.717) is 29.2 Å². The fraction of sp³-hybridized carbons (Fsp3) is 0.290. The average molecular weight is 559 g/mol. The Morgan fingerprint density at radius 1 is 1.00 bits per heavy atom. The molecule has 0 aliphatic carbocycles. The Labute approximate surface area is 238 Å². The highest BCUT2D eigenvalue weighted by atomic mass is 16.5. The summed E-state index contributed by atoms with van der Waals surface area (Å²) in [6.45, 7) is 3.90. The Morgan fingerprint density at radius 2 is 1.71 bits per heavy atom. The number of nitrogens with zero attached hydrogens (tertiary/aromatic N) is 2. The number of likely N-dealkylation sites (tertiary alicyclic amines) is 1. The molecule has 2 atom stereocenters. The van der Waals surface area contributed by atoms with E-state index in [0.717, 1.165) is 16.8 Å². The normalized spacial score (nSPS) is 16.1. The smallest absolute Gasteiger partial charge is 0.326 e. The first kappa shape index (κ1) is 29.1. The molecule has 0 spiro atoms. The number of nitrogens with one attached hydrogen (secondary N) is 2. The second-order valence-electron chi connectivity index (χ2n) is 10.1. The Balaban J connectivity index is 1.38. The van der Waals surface area contributed by atoms with Gasteiger partial charge >= 0.3 is 12.0 Å². The number of aryl methyl sites for hydroxylation is 1. The maximum atomic E-state index is 12.9. The number of amides is 4. The first-order valence-corrected chi connectivity index (χ1v) is 13.2. The minimum atomic E-state index is -0.935. The number of carbonyl (C=O) groups excluding carboxylic acids is 3. The van der Waals surface area contributed by atoms with Crippen molar-refractivity contribution in [1.82, 2.24) is 4.90 Å². The monoisotopic (exact) mass is 558 g/mol. The lowest BCUT2D eigenvalue weighted by molar-refractivity contribution is -0.141. The number of anilines is 3. The van der Waals surface area contributed by atoms with Crippen LogP contribution >= 0.6 is 0 Å². The molecular formula is C31H34N4O6. The molecule has 3 aromatic rings. The molecule has 1 saturated heterocycles. The van der Waals surface area contributed by atoms with E-state index in [1.165, 1.54) is 18.9 Å². The number of ether oxygens (including phenoxy) is 1. The molecule has 10 nitrogen and oxygen atoms in total. The van der Waals surface area contributed by atoms with E-state index in [1.54, 1.807) is 54.4 Å². The molecule has 41 heavy (non-hydrogen) atoms. The third-order valence-electron chi connectivity index (χ3n) is 7.36. The summed E-state index contributed by atoms with van der Waals surface area (Å²) in [6, 6.07) is 19.4. The van der Waals surface area contributed by atoms with Gasteiger partial charge in [-0.25, -0.2) is 4.79 Å². The number of urea groups is 1. The highest BCUT2D eigenvalue weighted by Gasteiger charge is 2.39. The van der Waals surface area contributed by atoms with E-state index >= 15 is 0 Å². The SMILES string of the molecule is COc1cc(CC(=O)Nc2ccc(C3CN(C(C)=O)CC3C(=O)O)cc2)ccc1NC(=O)N(C)c1ccccc1C. The van der Waals surface area contributed by atoms with E-state index in [1.807, 2.05) is 31.2 Å². The molecule has 1 aliphatic rings. The zero-order valence-electron chi connectivity index (χ0n) is 23.5. The Morgan fingerprint density at radius 3 is 2.34 bits per heavy atom. The molecule has 214 valence electrons. The molecule has 0 radical (unpaired) electrons. The number of carbonyl (C=O) groups is 4. The summed E-state index contributed by atoms with van der Waals surface area (Å²) in [5.41, 5.74) is 4.30. The van der Waals surface area contributed by atoms with E-state index in [-0.39, 0.29) is 36.7 Å². The van der Waals surface area contributed by atoms with Gasteiger partial charge in [-0.15, -0.1) is 0 Å². The Bertz CT molecular complexity index is 1460. The van der Waals surface area contributed by atoms with Crippen LogP contribution in [0, 0.1) is 12.8 Å². The van der Waals surface area contributed by atoms with Gasteiger partial charge in [0.2, 0.25) is 11.8 Å². The van der Waals surface area contributed by atoms with E-state index in [4.69, 9.17) is 4.74 Å². The summed E-state index contributed by atoms with van der Waals surface area (Å²) in [4.78, 5) is 52.2. The predicted octanol–water partition coefficient (Wildman–Crippen LogP) is 4.50. The van der Waals surface area contributed by atoms with Crippen LogP contribution in [-0.2, 0) is 20.8 Å². The topological polar surface area (TPSA) is 128 Å². The summed E-state index contributed by atoms with van der Waals surface area (Å²) in [7, 11) is 3.19. The Kier molecular flexibility index (Phi) is 8.91. The molecule has 10 heteroatoms. The third kappa shape index (κ3) is 6.84. The molecular weight excluding hydrogens is 524 g/mol. The third-order valence-corrected chi connectivity index (χ3v) is 7.36. The fourth-order valence-electron chi connectivity index (χ4n) is 5.05. The zero-order valence-corrected chi connectivity index (χ0v) is 23.5. The molecule has 2 unspecified atom stereocenters. The van der Waals surface area contributed by atoms with E-state index < -0.39 is 11.9 Å². The molecule has 3 N–H and O–H groups in total.